The Hall–Kier alpha value is -14.4. The highest BCUT2D eigenvalue weighted by molar-refractivity contribution is 5.90. The number of Topliss-reactive ketones (excluding diaryl/α,β-unsaturated/α-hetero) is 1. The Bertz CT molecular complexity index is 4990. The standard InChI is InChI=1S/C29H36N6O6.C25H28N2O6.C18H17NO4.C11H21N5O3.C7H13NO3.C4H10N4O.C2H6.CH3F.CH4/c1-34(18-26(36)31-14-16-40-17-15-32-33-30)28(38)19-35(2)27(37)12-7-13-29(39)41-20-25-23-10-5-3-8-21(23)22-9-4-6-11-24(22)25;1-26(14-23(29)27(2)15-24(30)31)22(28)12-7-13-25(32)33-16-21-19-10-5-3-8-17(19)18-9-4-6-11-20(18)21;20-17(21)9-10-19-18(22)23-11-16-14-7-3-1-5-12(14)13-6-2-4-8-15(13)16;1-16(11(18)4-5-12)9-10(17)3-2-7-19-8-6-14-15-13;1-3-4-6(9)8(2)5-7(10)11;5-1-3-9-4-2-7-8-6;2*1-2;/h3-6,8-11,25H,7,12-20H2,1-2H3,(H,31,36);3-6,8-11,21H,7,12-16H2,1-2H3,(H,30,31);1-8,16H,9-11H2,(H,19,22)(H,20,21);2-9,12H2,1H3;3-5H2,1-2H3,(H,10,11);1-5H2;1-2H3;1H3;1H4/i;;;;;;2*1D;. The summed E-state index contributed by atoms with van der Waals surface area (Å²) < 4.78 is 53.4. The van der Waals surface area contributed by atoms with Crippen molar-refractivity contribution in [2.45, 2.75) is 123 Å². The zero-order valence-electron chi connectivity index (χ0n) is 82.8. The summed E-state index contributed by atoms with van der Waals surface area (Å²) in [5.74, 6) is -5.86. The van der Waals surface area contributed by atoms with Gasteiger partial charge in [0.2, 0.25) is 41.4 Å². The van der Waals surface area contributed by atoms with Gasteiger partial charge in [0.1, 0.15) is 32.9 Å². The minimum atomic E-state index is -1.12. The van der Waals surface area contributed by atoms with Crippen LogP contribution < -0.4 is 22.1 Å². The molecule has 3 aliphatic rings. The average Bonchev–Trinajstić information content (AvgIpc) is 1.63. The molecule has 0 bridgehead atoms. The highest BCUT2D eigenvalue weighted by Gasteiger charge is 2.33. The van der Waals surface area contributed by atoms with Crippen molar-refractivity contribution in [1.29, 1.82) is 0 Å². The number of carbonyl (C=O) groups is 14. The lowest BCUT2D eigenvalue weighted by atomic mass is 9.98. The summed E-state index contributed by atoms with van der Waals surface area (Å²) >= 11 is 0. The van der Waals surface area contributed by atoms with E-state index in [9.17, 15) is 71.5 Å². The number of carboxylic acids is 3. The third-order valence-corrected chi connectivity index (χ3v) is 20.7. The first-order valence-electron chi connectivity index (χ1n) is 46.5. The molecule has 0 saturated heterocycles. The van der Waals surface area contributed by atoms with Gasteiger partial charge >= 0.3 is 35.9 Å². The molecule has 0 atom stereocenters. The number of carboxylic acid groups (broad SMARTS) is 3. The van der Waals surface area contributed by atoms with Crippen LogP contribution in [0.5, 0.6) is 0 Å². The quantitative estimate of drug-likeness (QED) is 0.00466. The van der Waals surface area contributed by atoms with Gasteiger partial charge in [0.25, 0.3) is 0 Å². The Morgan fingerprint density at radius 1 is 0.390 bits per heavy atom. The van der Waals surface area contributed by atoms with Gasteiger partial charge in [0, 0.05) is 174 Å². The van der Waals surface area contributed by atoms with Gasteiger partial charge in [-0.2, -0.15) is 0 Å². The van der Waals surface area contributed by atoms with Crippen LogP contribution in [-0.4, -0.2) is 322 Å². The van der Waals surface area contributed by atoms with Gasteiger partial charge in [-0.3, -0.25) is 66.7 Å². The Morgan fingerprint density at radius 2 is 0.709 bits per heavy atom. The van der Waals surface area contributed by atoms with E-state index in [4.69, 9.17) is 74.5 Å². The van der Waals surface area contributed by atoms with Crippen molar-refractivity contribution in [2.75, 3.05) is 194 Å². The van der Waals surface area contributed by atoms with E-state index in [0.717, 1.165) is 67.0 Å². The number of aliphatic carboxylic acids is 3. The van der Waals surface area contributed by atoms with E-state index in [0.29, 0.717) is 85.1 Å². The highest BCUT2D eigenvalue weighted by Crippen LogP contribution is 2.47. The number of amides is 8. The van der Waals surface area contributed by atoms with Crippen molar-refractivity contribution in [2.24, 2.45) is 26.8 Å². The molecular formula is C98H138FN19O23. The smallest absolute Gasteiger partial charge is 0.407 e. The number of hydrogen-bond acceptors (Lipinski definition) is 25. The van der Waals surface area contributed by atoms with Crippen LogP contribution in [0.15, 0.2) is 161 Å². The van der Waals surface area contributed by atoms with Crippen molar-refractivity contribution < 1.29 is 118 Å². The van der Waals surface area contributed by atoms with Gasteiger partial charge < -0.3 is 95.2 Å². The third kappa shape index (κ3) is 48.6. The molecule has 9 N–H and O–H groups in total. The van der Waals surface area contributed by atoms with E-state index in [1.807, 2.05) is 91.9 Å². The maximum Gasteiger partial charge on any atom is 0.407 e. The van der Waals surface area contributed by atoms with E-state index in [2.05, 4.69) is 101 Å². The number of esters is 2. The predicted octanol–water partition coefficient (Wildman–Crippen LogP) is 11.7. The molecule has 0 aliphatic heterocycles. The Kier molecular flexibility index (Phi) is 63.1. The third-order valence-electron chi connectivity index (χ3n) is 20.7. The van der Waals surface area contributed by atoms with Crippen molar-refractivity contribution in [1.82, 2.24) is 40.0 Å². The molecule has 770 valence electrons. The highest BCUT2D eigenvalue weighted by atomic mass is 19.1. The largest absolute Gasteiger partial charge is 0.481 e. The lowest BCUT2D eigenvalue weighted by molar-refractivity contribution is -0.146. The van der Waals surface area contributed by atoms with Gasteiger partial charge in [0.15, 0.2) is 5.78 Å². The molecule has 0 spiro atoms. The lowest BCUT2D eigenvalue weighted by Crippen LogP contribution is -2.44. The number of azide groups is 3. The summed E-state index contributed by atoms with van der Waals surface area (Å²) in [6.45, 7) is 8.07. The summed E-state index contributed by atoms with van der Waals surface area (Å²) in [7, 11) is 7.91. The number of benzene rings is 6. The maximum atomic E-state index is 12.5. The number of nitrogens with two attached hydrogens (primary N) is 2. The first-order chi connectivity index (χ1) is 68.2. The van der Waals surface area contributed by atoms with E-state index in [1.165, 1.54) is 70.9 Å². The fourth-order valence-electron chi connectivity index (χ4n) is 13.8. The monoisotopic (exact) mass is 1970 g/mol. The number of likely N-dealkylation sites (N-methyl/N-ethyl adjacent to an activating group) is 6. The summed E-state index contributed by atoms with van der Waals surface area (Å²) in [6.07, 6.45) is 2.67. The number of rotatable bonds is 51. The molecule has 0 radical (unpaired) electrons. The zero-order chi connectivity index (χ0) is 106. The maximum absolute atomic E-state index is 12.5. The molecule has 0 fully saturated rings. The second-order valence-corrected chi connectivity index (χ2v) is 31.0. The van der Waals surface area contributed by atoms with Crippen LogP contribution in [0.1, 0.15) is 159 Å². The number of alkyl carbamates (subject to hydrolysis) is 1. The minimum Gasteiger partial charge on any atom is -0.481 e. The molecule has 0 saturated carbocycles. The van der Waals surface area contributed by atoms with Crippen molar-refractivity contribution in [3.8, 4) is 33.4 Å². The molecule has 0 heterocycles. The average molecular weight is 1970 g/mol. The van der Waals surface area contributed by atoms with Crippen LogP contribution in [0.25, 0.3) is 64.7 Å². The number of nitrogens with zero attached hydrogens (tertiary/aromatic N) is 15. The lowest BCUT2D eigenvalue weighted by Gasteiger charge is -2.22. The van der Waals surface area contributed by atoms with Gasteiger partial charge in [-0.25, -0.2) is 4.79 Å². The Balaban J connectivity index is 0.000000899. The normalized spacial score (nSPS) is 11.0. The van der Waals surface area contributed by atoms with Gasteiger partial charge in [-0.1, -0.05) is 189 Å². The van der Waals surface area contributed by atoms with Crippen LogP contribution in [-0.2, 0) is 90.8 Å². The summed E-state index contributed by atoms with van der Waals surface area (Å²) in [4.78, 5) is 178. The first-order valence-corrected chi connectivity index (χ1v) is 45.1. The van der Waals surface area contributed by atoms with E-state index >= 15 is 0 Å². The van der Waals surface area contributed by atoms with Crippen molar-refractivity contribution in [3.63, 3.8) is 0 Å². The van der Waals surface area contributed by atoms with Gasteiger partial charge in [-0.15, -0.1) is 0 Å². The van der Waals surface area contributed by atoms with Gasteiger partial charge in [0.05, 0.1) is 74.2 Å². The molecule has 6 aromatic rings. The molecule has 8 amide bonds. The van der Waals surface area contributed by atoms with E-state index < -0.39 is 49.5 Å². The molecule has 43 heteroatoms. The topological polar surface area (TPSA) is 597 Å². The van der Waals surface area contributed by atoms with E-state index in [-0.39, 0.29) is 203 Å². The summed E-state index contributed by atoms with van der Waals surface area (Å²) in [6, 6.07) is 48.6. The number of ketones is 1. The predicted molar refractivity (Wildman–Crippen MR) is 528 cm³/mol. The molecule has 141 heavy (non-hydrogen) atoms. The molecular weight excluding hydrogens is 1830 g/mol. The first kappa shape index (κ1) is 121. The number of fused-ring (bicyclic) bond motifs is 9. The Morgan fingerprint density at radius 3 is 1.06 bits per heavy atom. The number of ether oxygens (including phenoxy) is 6. The Labute approximate surface area is 824 Å². The van der Waals surface area contributed by atoms with Crippen LogP contribution in [0.2, 0.25) is 0 Å². The number of hydrogen-bond donors (Lipinski definition) is 7. The van der Waals surface area contributed by atoms with Crippen molar-refractivity contribution >= 4 is 83.1 Å². The second-order valence-electron chi connectivity index (χ2n) is 31.0. The molecule has 3 aliphatic carbocycles. The zero-order valence-corrected chi connectivity index (χ0v) is 80.8. The molecule has 9 rings (SSSR count). The number of alkyl halides is 1. The number of halogens is 1. The summed E-state index contributed by atoms with van der Waals surface area (Å²) in [5.41, 5.74) is 48.2. The van der Waals surface area contributed by atoms with Crippen molar-refractivity contribution in [3.05, 3.63) is 210 Å². The SMILES string of the molecule is C.CCCC(=O)N(C)CC(=O)O.CN(CC(=O)CCCOCCN=[N+]=[N-])C(=O)CCN.CN(CC(=O)NCCOCCN=[N+]=[N-])C(=O)CN(C)C(=O)CCCC(=O)OCC1c2ccccc2-c2ccccc21.CN(CC(=O)O)C(=O)CN(C)C(=O)CCCC(=O)OCC1c2ccccc2-c2ccccc21.O=C(O)CCNC(=O)OCC1c2ccccc2-c2ccccc21.[2H]CC.[2H]CF.[N-]=[N+]=NCCOCCN. The minimum absolute atomic E-state index is 0. The summed E-state index contributed by atoms with van der Waals surface area (Å²) in [5, 5.41) is 40.6. The second kappa shape index (κ2) is 73.7. The molecule has 0 aromatic heterocycles. The van der Waals surface area contributed by atoms with Crippen LogP contribution >= 0.6 is 0 Å². The van der Waals surface area contributed by atoms with Crippen LogP contribution in [0.4, 0.5) is 9.18 Å². The van der Waals surface area contributed by atoms with Gasteiger partial charge in [-0.05, 0) is 109 Å². The van der Waals surface area contributed by atoms with E-state index in [1.54, 1.807) is 14.0 Å². The number of nitrogens with one attached hydrogen (secondary N) is 2. The number of carbonyl (C=O) groups excluding carboxylic acids is 11. The van der Waals surface area contributed by atoms with Crippen LogP contribution in [0.3, 0.4) is 0 Å². The van der Waals surface area contributed by atoms with Crippen LogP contribution in [0, 0.1) is 0 Å². The molecule has 6 aromatic carbocycles. The fourth-order valence-corrected chi connectivity index (χ4v) is 13.8. The molecule has 42 nitrogen and oxygen atoms in total. The fraction of sp³-hybridized carbons (Fsp3) is 0.490. The molecule has 0 unspecified atom stereocenters.